The highest BCUT2D eigenvalue weighted by Gasteiger charge is 2.23. The van der Waals surface area contributed by atoms with E-state index in [1.807, 2.05) is 26.8 Å². The van der Waals surface area contributed by atoms with Gasteiger partial charge in [-0.25, -0.2) is 0 Å². The number of anilines is 2. The monoisotopic (exact) mass is 263 g/mol. The lowest BCUT2D eigenvalue weighted by atomic mass is 10.1. The summed E-state index contributed by atoms with van der Waals surface area (Å²) in [7, 11) is 0. The fourth-order valence-electron chi connectivity index (χ4n) is 2.64. The number of β-amino-alcohol motifs (C(OH)–C–C–N with tert-alkyl or cyclic N) is 1. The molecule has 0 aliphatic carbocycles. The third-order valence-electron chi connectivity index (χ3n) is 3.62. The Hall–Kier alpha value is -1.26. The molecule has 0 unspecified atom stereocenters. The summed E-state index contributed by atoms with van der Waals surface area (Å²) in [5, 5.41) is 9.86. The van der Waals surface area contributed by atoms with Gasteiger partial charge in [0, 0.05) is 32.7 Å². The Morgan fingerprint density at radius 2 is 1.84 bits per heavy atom. The van der Waals surface area contributed by atoms with Crippen LogP contribution in [0.25, 0.3) is 0 Å². The van der Waals surface area contributed by atoms with Gasteiger partial charge in [-0.2, -0.15) is 0 Å². The van der Waals surface area contributed by atoms with Crippen molar-refractivity contribution in [1.82, 2.24) is 4.90 Å². The number of nitrogen functional groups attached to an aromatic ring is 1. The van der Waals surface area contributed by atoms with Crippen molar-refractivity contribution in [2.45, 2.75) is 26.4 Å². The SMILES string of the molecule is Cc1cccc(N2CCN(CC(C)(C)O)CC2)c1N. The van der Waals surface area contributed by atoms with Crippen molar-refractivity contribution in [2.75, 3.05) is 43.4 Å². The van der Waals surface area contributed by atoms with Crippen LogP contribution in [0.3, 0.4) is 0 Å². The zero-order valence-electron chi connectivity index (χ0n) is 12.2. The molecule has 1 fully saturated rings. The summed E-state index contributed by atoms with van der Waals surface area (Å²) in [6.45, 7) is 10.4. The summed E-state index contributed by atoms with van der Waals surface area (Å²) < 4.78 is 0. The van der Waals surface area contributed by atoms with Gasteiger partial charge < -0.3 is 15.7 Å². The first kappa shape index (κ1) is 14.2. The average molecular weight is 263 g/mol. The molecule has 4 nitrogen and oxygen atoms in total. The van der Waals surface area contributed by atoms with Crippen LogP contribution in [0.5, 0.6) is 0 Å². The Morgan fingerprint density at radius 3 is 2.42 bits per heavy atom. The van der Waals surface area contributed by atoms with Gasteiger partial charge in [-0.05, 0) is 32.4 Å². The van der Waals surface area contributed by atoms with Crippen LogP contribution in [-0.2, 0) is 0 Å². The molecule has 0 amide bonds. The minimum atomic E-state index is -0.621. The number of piperazine rings is 1. The van der Waals surface area contributed by atoms with E-state index in [9.17, 15) is 5.11 Å². The van der Waals surface area contributed by atoms with Gasteiger partial charge in [0.1, 0.15) is 0 Å². The zero-order valence-corrected chi connectivity index (χ0v) is 12.2. The Kier molecular flexibility index (Phi) is 4.02. The smallest absolute Gasteiger partial charge is 0.0718 e. The summed E-state index contributed by atoms with van der Waals surface area (Å²) in [6, 6.07) is 6.20. The number of aryl methyl sites for hydroxylation is 1. The molecule has 1 aliphatic rings. The Balaban J connectivity index is 1.98. The maximum atomic E-state index is 9.86. The third kappa shape index (κ3) is 3.61. The highest BCUT2D eigenvalue weighted by atomic mass is 16.3. The summed E-state index contributed by atoms with van der Waals surface area (Å²) in [6.07, 6.45) is 0. The number of para-hydroxylation sites is 1. The molecule has 2 rings (SSSR count). The highest BCUT2D eigenvalue weighted by Crippen LogP contribution is 2.27. The van der Waals surface area contributed by atoms with Crippen LogP contribution >= 0.6 is 0 Å². The number of hydrogen-bond acceptors (Lipinski definition) is 4. The molecule has 1 aromatic carbocycles. The molecular formula is C15H25N3O. The molecule has 3 N–H and O–H groups in total. The summed E-state index contributed by atoms with van der Waals surface area (Å²) in [5.74, 6) is 0. The zero-order chi connectivity index (χ0) is 14.0. The van der Waals surface area contributed by atoms with Crippen molar-refractivity contribution in [2.24, 2.45) is 0 Å². The maximum Gasteiger partial charge on any atom is 0.0718 e. The molecule has 0 radical (unpaired) electrons. The molecule has 4 heteroatoms. The number of hydrogen-bond donors (Lipinski definition) is 2. The first-order valence-electron chi connectivity index (χ1n) is 6.91. The summed E-state index contributed by atoms with van der Waals surface area (Å²) in [5.41, 5.74) is 8.70. The summed E-state index contributed by atoms with van der Waals surface area (Å²) in [4.78, 5) is 4.64. The second-order valence-corrected chi connectivity index (χ2v) is 6.08. The topological polar surface area (TPSA) is 52.7 Å². The second-order valence-electron chi connectivity index (χ2n) is 6.08. The van der Waals surface area contributed by atoms with Gasteiger partial charge >= 0.3 is 0 Å². The van der Waals surface area contributed by atoms with E-state index in [0.717, 1.165) is 49.7 Å². The second kappa shape index (κ2) is 5.39. The molecule has 1 aliphatic heterocycles. The van der Waals surface area contributed by atoms with E-state index in [1.165, 1.54) is 0 Å². The number of rotatable bonds is 3. The number of benzene rings is 1. The van der Waals surface area contributed by atoms with E-state index in [4.69, 9.17) is 5.73 Å². The average Bonchev–Trinajstić information content (AvgIpc) is 2.32. The van der Waals surface area contributed by atoms with Crippen LogP contribution in [0.4, 0.5) is 11.4 Å². The Morgan fingerprint density at radius 1 is 1.21 bits per heavy atom. The van der Waals surface area contributed by atoms with Gasteiger partial charge in [0.25, 0.3) is 0 Å². The van der Waals surface area contributed by atoms with Gasteiger partial charge in [0.2, 0.25) is 0 Å². The van der Waals surface area contributed by atoms with E-state index in [2.05, 4.69) is 21.9 Å². The van der Waals surface area contributed by atoms with Crippen LogP contribution in [0.2, 0.25) is 0 Å². The molecule has 0 saturated carbocycles. The molecule has 0 spiro atoms. The maximum absolute atomic E-state index is 9.86. The first-order valence-corrected chi connectivity index (χ1v) is 6.91. The standard InChI is InChI=1S/C15H25N3O/c1-12-5-4-6-13(14(12)16)18-9-7-17(8-10-18)11-15(2,3)19/h4-6,19H,7-11,16H2,1-3H3. The fraction of sp³-hybridized carbons (Fsp3) is 0.600. The Labute approximate surface area is 115 Å². The molecule has 1 heterocycles. The van der Waals surface area contributed by atoms with E-state index in [-0.39, 0.29) is 0 Å². The predicted octanol–water partition coefficient (Wildman–Crippen LogP) is 1.47. The minimum Gasteiger partial charge on any atom is -0.397 e. The third-order valence-corrected chi connectivity index (χ3v) is 3.62. The van der Waals surface area contributed by atoms with Crippen LogP contribution in [-0.4, -0.2) is 48.3 Å². The molecule has 1 saturated heterocycles. The Bertz CT molecular complexity index is 432. The molecule has 1 aromatic rings. The predicted molar refractivity (Wildman–Crippen MR) is 80.5 cm³/mol. The highest BCUT2D eigenvalue weighted by molar-refractivity contribution is 5.71. The molecule has 106 valence electrons. The van der Waals surface area contributed by atoms with E-state index >= 15 is 0 Å². The van der Waals surface area contributed by atoms with Crippen molar-refractivity contribution in [3.63, 3.8) is 0 Å². The normalized spacial score (nSPS) is 17.8. The van der Waals surface area contributed by atoms with Gasteiger partial charge in [0.15, 0.2) is 0 Å². The quantitative estimate of drug-likeness (QED) is 0.811. The van der Waals surface area contributed by atoms with Gasteiger partial charge in [-0.3, -0.25) is 4.90 Å². The number of aliphatic hydroxyl groups is 1. The van der Waals surface area contributed by atoms with Crippen molar-refractivity contribution >= 4 is 11.4 Å². The first-order chi connectivity index (χ1) is 8.87. The lowest BCUT2D eigenvalue weighted by Gasteiger charge is -2.38. The van der Waals surface area contributed by atoms with Crippen molar-refractivity contribution in [1.29, 1.82) is 0 Å². The van der Waals surface area contributed by atoms with Crippen molar-refractivity contribution < 1.29 is 5.11 Å². The summed E-state index contributed by atoms with van der Waals surface area (Å²) >= 11 is 0. The van der Waals surface area contributed by atoms with Gasteiger partial charge in [-0.1, -0.05) is 12.1 Å². The van der Waals surface area contributed by atoms with Crippen LogP contribution in [0.1, 0.15) is 19.4 Å². The largest absolute Gasteiger partial charge is 0.397 e. The molecule has 19 heavy (non-hydrogen) atoms. The molecule has 0 aromatic heterocycles. The van der Waals surface area contributed by atoms with Crippen LogP contribution in [0, 0.1) is 6.92 Å². The number of nitrogens with zero attached hydrogens (tertiary/aromatic N) is 2. The van der Waals surface area contributed by atoms with Gasteiger partial charge in [-0.15, -0.1) is 0 Å². The van der Waals surface area contributed by atoms with Crippen LogP contribution in [0.15, 0.2) is 18.2 Å². The molecule has 0 atom stereocenters. The lowest BCUT2D eigenvalue weighted by molar-refractivity contribution is 0.0345. The molecule has 0 bridgehead atoms. The van der Waals surface area contributed by atoms with E-state index in [1.54, 1.807) is 0 Å². The van der Waals surface area contributed by atoms with Crippen molar-refractivity contribution in [3.8, 4) is 0 Å². The van der Waals surface area contributed by atoms with Gasteiger partial charge in [0.05, 0.1) is 17.0 Å². The minimum absolute atomic E-state index is 0.621. The fourth-order valence-corrected chi connectivity index (χ4v) is 2.64. The van der Waals surface area contributed by atoms with Crippen LogP contribution < -0.4 is 10.6 Å². The van der Waals surface area contributed by atoms with E-state index < -0.39 is 5.60 Å². The van der Waals surface area contributed by atoms with Crippen molar-refractivity contribution in [3.05, 3.63) is 23.8 Å². The number of nitrogens with two attached hydrogens (primary N) is 1. The molecular weight excluding hydrogens is 238 g/mol. The van der Waals surface area contributed by atoms with E-state index in [0.29, 0.717) is 0 Å². The lowest BCUT2D eigenvalue weighted by Crippen LogP contribution is -2.50.